The Hall–Kier alpha value is -1.60. The molecule has 1 aromatic heterocycles. The number of nitrogens with one attached hydrogen (secondary N) is 1. The maximum Gasteiger partial charge on any atom is 0.228 e. The molecule has 20 heavy (non-hydrogen) atoms. The number of anilines is 2. The van der Waals surface area contributed by atoms with Crippen LogP contribution < -0.4 is 11.1 Å². The zero-order valence-electron chi connectivity index (χ0n) is 11.3. The molecule has 0 aliphatic carbocycles. The van der Waals surface area contributed by atoms with Gasteiger partial charge in [-0.3, -0.25) is 4.79 Å². The van der Waals surface area contributed by atoms with E-state index in [9.17, 15) is 4.79 Å². The van der Waals surface area contributed by atoms with Crippen molar-refractivity contribution in [2.45, 2.75) is 23.9 Å². The van der Waals surface area contributed by atoms with Gasteiger partial charge in [-0.15, -0.1) is 10.2 Å². The van der Waals surface area contributed by atoms with Crippen LogP contribution in [0.15, 0.2) is 28.6 Å². The lowest BCUT2D eigenvalue weighted by Crippen LogP contribution is -2.17. The minimum Gasteiger partial charge on any atom is -0.399 e. The minimum absolute atomic E-state index is 0.0452. The van der Waals surface area contributed by atoms with Crippen molar-refractivity contribution in [1.82, 2.24) is 10.2 Å². The van der Waals surface area contributed by atoms with Gasteiger partial charge in [-0.05, 0) is 17.7 Å². The van der Waals surface area contributed by atoms with Gasteiger partial charge in [-0.2, -0.15) is 0 Å². The van der Waals surface area contributed by atoms with Gasteiger partial charge in [0.15, 0.2) is 4.34 Å². The third-order valence-electron chi connectivity index (χ3n) is 2.50. The van der Waals surface area contributed by atoms with Gasteiger partial charge in [0.2, 0.25) is 11.0 Å². The number of benzene rings is 1. The SMILES string of the molecule is CC(C)C(=O)Nc1nnc(SCc2ccc(N)cc2)s1. The van der Waals surface area contributed by atoms with Gasteiger partial charge in [0, 0.05) is 17.4 Å². The average Bonchev–Trinajstić information content (AvgIpc) is 2.85. The van der Waals surface area contributed by atoms with Crippen molar-refractivity contribution in [2.24, 2.45) is 5.92 Å². The summed E-state index contributed by atoms with van der Waals surface area (Å²) in [7, 11) is 0. The molecule has 0 aliphatic heterocycles. The Morgan fingerprint density at radius 3 is 2.70 bits per heavy atom. The van der Waals surface area contributed by atoms with Crippen LogP contribution in [0.2, 0.25) is 0 Å². The summed E-state index contributed by atoms with van der Waals surface area (Å²) in [5, 5.41) is 11.3. The summed E-state index contributed by atoms with van der Waals surface area (Å²) in [6.07, 6.45) is 0. The van der Waals surface area contributed by atoms with Crippen LogP contribution in [0.4, 0.5) is 10.8 Å². The molecule has 0 radical (unpaired) electrons. The first-order valence-electron chi connectivity index (χ1n) is 6.16. The fourth-order valence-electron chi connectivity index (χ4n) is 1.33. The number of hydrogen-bond acceptors (Lipinski definition) is 6. The van der Waals surface area contributed by atoms with Crippen LogP contribution in [-0.4, -0.2) is 16.1 Å². The molecule has 1 aromatic carbocycles. The van der Waals surface area contributed by atoms with Gasteiger partial charge < -0.3 is 11.1 Å². The zero-order valence-corrected chi connectivity index (χ0v) is 12.9. The Bertz CT molecular complexity index is 580. The molecular weight excluding hydrogens is 292 g/mol. The van der Waals surface area contributed by atoms with Gasteiger partial charge in [0.1, 0.15) is 0 Å². The van der Waals surface area contributed by atoms with E-state index in [1.165, 1.54) is 16.9 Å². The van der Waals surface area contributed by atoms with Gasteiger partial charge >= 0.3 is 0 Å². The van der Waals surface area contributed by atoms with E-state index in [4.69, 9.17) is 5.73 Å². The van der Waals surface area contributed by atoms with Crippen LogP contribution in [-0.2, 0) is 10.5 Å². The standard InChI is InChI=1S/C13H16N4OS2/c1-8(2)11(18)15-12-16-17-13(20-12)19-7-9-3-5-10(14)6-4-9/h3-6,8H,7,14H2,1-2H3,(H,15,16,18). The highest BCUT2D eigenvalue weighted by atomic mass is 32.2. The van der Waals surface area contributed by atoms with Gasteiger partial charge in [-0.1, -0.05) is 49.1 Å². The number of amides is 1. The van der Waals surface area contributed by atoms with Crippen molar-refractivity contribution in [3.8, 4) is 0 Å². The molecule has 0 aliphatic rings. The minimum atomic E-state index is -0.0650. The largest absolute Gasteiger partial charge is 0.399 e. The van der Waals surface area contributed by atoms with Crippen molar-refractivity contribution < 1.29 is 4.79 Å². The van der Waals surface area contributed by atoms with Crippen LogP contribution in [0.1, 0.15) is 19.4 Å². The van der Waals surface area contributed by atoms with E-state index in [1.807, 2.05) is 38.1 Å². The predicted molar refractivity (Wildman–Crippen MR) is 83.8 cm³/mol. The van der Waals surface area contributed by atoms with E-state index < -0.39 is 0 Å². The van der Waals surface area contributed by atoms with E-state index in [-0.39, 0.29) is 11.8 Å². The summed E-state index contributed by atoms with van der Waals surface area (Å²) in [5.41, 5.74) is 7.57. The second kappa shape index (κ2) is 6.71. The number of thioether (sulfide) groups is 1. The van der Waals surface area contributed by atoms with Crippen molar-refractivity contribution in [3.05, 3.63) is 29.8 Å². The second-order valence-corrected chi connectivity index (χ2v) is 6.75. The second-order valence-electron chi connectivity index (χ2n) is 4.55. The molecule has 0 saturated heterocycles. The smallest absolute Gasteiger partial charge is 0.228 e. The Morgan fingerprint density at radius 2 is 2.05 bits per heavy atom. The summed E-state index contributed by atoms with van der Waals surface area (Å²) < 4.78 is 0.834. The molecule has 0 unspecified atom stereocenters. The maximum atomic E-state index is 11.5. The fraction of sp³-hybridized carbons (Fsp3) is 0.308. The van der Waals surface area contributed by atoms with Crippen LogP contribution >= 0.6 is 23.1 Å². The quantitative estimate of drug-likeness (QED) is 0.504. The van der Waals surface area contributed by atoms with Crippen molar-refractivity contribution in [2.75, 3.05) is 11.1 Å². The van der Waals surface area contributed by atoms with E-state index in [1.54, 1.807) is 11.8 Å². The number of rotatable bonds is 5. The van der Waals surface area contributed by atoms with Crippen molar-refractivity contribution >= 4 is 39.8 Å². The number of nitrogen functional groups attached to an aromatic ring is 1. The number of carbonyl (C=O) groups is 1. The molecule has 5 nitrogen and oxygen atoms in total. The predicted octanol–water partition coefficient (Wildman–Crippen LogP) is 3.01. The highest BCUT2D eigenvalue weighted by Crippen LogP contribution is 2.28. The molecule has 2 rings (SSSR count). The third-order valence-corrected chi connectivity index (χ3v) is 4.55. The molecule has 0 saturated carbocycles. The molecule has 0 bridgehead atoms. The number of nitrogens with two attached hydrogens (primary N) is 1. The maximum absolute atomic E-state index is 11.5. The molecule has 7 heteroatoms. The molecule has 2 aromatic rings. The summed E-state index contributed by atoms with van der Waals surface area (Å²) in [4.78, 5) is 11.5. The first-order valence-corrected chi connectivity index (χ1v) is 7.96. The normalized spacial score (nSPS) is 10.8. The van der Waals surface area contributed by atoms with Gasteiger partial charge in [0.25, 0.3) is 0 Å². The Balaban J connectivity index is 1.89. The van der Waals surface area contributed by atoms with Crippen molar-refractivity contribution in [3.63, 3.8) is 0 Å². The van der Waals surface area contributed by atoms with Crippen LogP contribution in [0.3, 0.4) is 0 Å². The number of aromatic nitrogens is 2. The first-order chi connectivity index (χ1) is 9.54. The Morgan fingerprint density at radius 1 is 1.35 bits per heavy atom. The highest BCUT2D eigenvalue weighted by Gasteiger charge is 2.11. The lowest BCUT2D eigenvalue weighted by atomic mass is 10.2. The van der Waals surface area contributed by atoms with E-state index in [0.29, 0.717) is 5.13 Å². The van der Waals surface area contributed by atoms with E-state index in [0.717, 1.165) is 15.8 Å². The molecule has 0 fully saturated rings. The number of carbonyl (C=O) groups excluding carboxylic acids is 1. The summed E-state index contributed by atoms with van der Waals surface area (Å²) in [6.45, 7) is 3.68. The van der Waals surface area contributed by atoms with Gasteiger partial charge in [-0.25, -0.2) is 0 Å². The van der Waals surface area contributed by atoms with Crippen LogP contribution in [0.25, 0.3) is 0 Å². The topological polar surface area (TPSA) is 80.9 Å². The zero-order chi connectivity index (χ0) is 14.5. The van der Waals surface area contributed by atoms with Crippen LogP contribution in [0, 0.1) is 5.92 Å². The molecule has 106 valence electrons. The third kappa shape index (κ3) is 4.21. The fourth-order valence-corrected chi connectivity index (χ4v) is 3.04. The molecule has 1 amide bonds. The molecule has 0 atom stereocenters. The Kier molecular flexibility index (Phi) is 4.97. The van der Waals surface area contributed by atoms with Crippen LogP contribution in [0.5, 0.6) is 0 Å². The lowest BCUT2D eigenvalue weighted by molar-refractivity contribution is -0.118. The number of hydrogen-bond donors (Lipinski definition) is 2. The highest BCUT2D eigenvalue weighted by molar-refractivity contribution is 8.00. The molecule has 1 heterocycles. The number of nitrogens with zero attached hydrogens (tertiary/aromatic N) is 2. The van der Waals surface area contributed by atoms with E-state index >= 15 is 0 Å². The summed E-state index contributed by atoms with van der Waals surface area (Å²) >= 11 is 2.97. The molecule has 0 spiro atoms. The van der Waals surface area contributed by atoms with Crippen molar-refractivity contribution in [1.29, 1.82) is 0 Å². The summed E-state index contributed by atoms with van der Waals surface area (Å²) in [6, 6.07) is 7.74. The molecule has 3 N–H and O–H groups in total. The van der Waals surface area contributed by atoms with Gasteiger partial charge in [0.05, 0.1) is 0 Å². The van der Waals surface area contributed by atoms with E-state index in [2.05, 4.69) is 15.5 Å². The first kappa shape index (κ1) is 14.8. The summed E-state index contributed by atoms with van der Waals surface area (Å²) in [5.74, 6) is 0.688. The average molecular weight is 308 g/mol. The lowest BCUT2D eigenvalue weighted by Gasteiger charge is -2.02. The molecular formula is C13H16N4OS2. The monoisotopic (exact) mass is 308 g/mol. The Labute approximate surface area is 126 Å².